The molecule has 4 N–H and O–H groups in total. The molecule has 2 aliphatic carbocycles. The van der Waals surface area contributed by atoms with E-state index in [2.05, 4.69) is 5.32 Å². The normalized spacial score (nSPS) is 18.1. The van der Waals surface area contributed by atoms with Crippen LogP contribution in [0.25, 0.3) is 49.2 Å². The van der Waals surface area contributed by atoms with Gasteiger partial charge in [0.1, 0.15) is 18.1 Å². The molecule has 7 rings (SSSR count). The van der Waals surface area contributed by atoms with Gasteiger partial charge in [0.25, 0.3) is 6.47 Å². The van der Waals surface area contributed by atoms with E-state index in [1.165, 1.54) is 20.1 Å². The molecule has 2 aliphatic rings. The number of aromatic hydroxyl groups is 1. The molecule has 1 fully saturated rings. The third-order valence-electron chi connectivity index (χ3n) is 11.8. The van der Waals surface area contributed by atoms with Crippen LogP contribution in [0.1, 0.15) is 79.7 Å². The third-order valence-corrected chi connectivity index (χ3v) is 11.8. The number of phenols is 1. The number of aliphatic hydroxyl groups is 2. The SMILES string of the molecule is COCCOC(=O)C1CCC(CCc2c(O)c3c(=O)cc(CO)c4c5c(CO)cc(NCOC=O)c6c(=O)c(OC)c7c(c(c2C=C(C)C7C(C)=O)c34)c65)CC1. The standard InChI is InChI=1S/C43H45NO12/c1-20-13-27-26(10-7-22-5-8-23(9-6-22)43(52)56-12-11-53-3)40(50)35-29(49)15-25(17-46)32-31-24(16-45)14-28(44-18-55-19-47)34-37(31)38(33(27)36(32)35)39(30(20)21(2)48)42(54-4)41(34)51/h13-15,19,22-23,30,44-46,50H,5-12,16-18H2,1-4H3. The van der Waals surface area contributed by atoms with E-state index < -0.39 is 30.0 Å². The molecule has 0 aromatic heterocycles. The molecule has 0 aliphatic heterocycles. The van der Waals surface area contributed by atoms with Crippen molar-refractivity contribution >= 4 is 73.1 Å². The van der Waals surface area contributed by atoms with Gasteiger partial charge < -0.3 is 39.6 Å². The molecule has 13 nitrogen and oxygen atoms in total. The van der Waals surface area contributed by atoms with Crippen LogP contribution in [0, 0.1) is 11.8 Å². The molecule has 0 amide bonds. The van der Waals surface area contributed by atoms with Gasteiger partial charge in [0, 0.05) is 34.7 Å². The number of carbonyl (C=O) groups is 3. The Hall–Kier alpha value is -5.37. The smallest absolute Gasteiger partial charge is 0.309 e. The summed E-state index contributed by atoms with van der Waals surface area (Å²) in [5.74, 6) is -1.72. The summed E-state index contributed by atoms with van der Waals surface area (Å²) in [6.45, 7) is 2.62. The summed E-state index contributed by atoms with van der Waals surface area (Å²) in [4.78, 5) is 66.3. The number of hydrogen-bond acceptors (Lipinski definition) is 13. The summed E-state index contributed by atoms with van der Waals surface area (Å²) >= 11 is 0. The van der Waals surface area contributed by atoms with Crippen molar-refractivity contribution in [3.8, 4) is 11.5 Å². The Bertz CT molecular complexity index is 2540. The third kappa shape index (κ3) is 6.18. The molecule has 294 valence electrons. The highest BCUT2D eigenvalue weighted by molar-refractivity contribution is 6.39. The molecule has 5 aromatic rings. The lowest BCUT2D eigenvalue weighted by atomic mass is 9.77. The predicted molar refractivity (Wildman–Crippen MR) is 211 cm³/mol. The van der Waals surface area contributed by atoms with Gasteiger partial charge in [0.2, 0.25) is 5.43 Å². The highest BCUT2D eigenvalue weighted by Gasteiger charge is 2.37. The van der Waals surface area contributed by atoms with Crippen molar-refractivity contribution < 1.29 is 48.7 Å². The highest BCUT2D eigenvalue weighted by atomic mass is 16.6. The number of Topliss-reactive ketones (excluding diaryl/α,β-unsaturated/α-hetero) is 1. The number of hydrogen-bond donors (Lipinski definition) is 4. The van der Waals surface area contributed by atoms with E-state index in [4.69, 9.17) is 18.9 Å². The van der Waals surface area contributed by atoms with Crippen molar-refractivity contribution in [1.29, 1.82) is 0 Å². The van der Waals surface area contributed by atoms with Crippen molar-refractivity contribution in [3.05, 3.63) is 66.0 Å². The lowest BCUT2D eigenvalue weighted by molar-refractivity contribution is -0.151. The zero-order chi connectivity index (χ0) is 40.0. The van der Waals surface area contributed by atoms with Crippen molar-refractivity contribution in [2.75, 3.05) is 39.5 Å². The molecular formula is C43H45NO12. The lowest BCUT2D eigenvalue weighted by Crippen LogP contribution is -2.25. The second-order valence-electron chi connectivity index (χ2n) is 14.9. The summed E-state index contributed by atoms with van der Waals surface area (Å²) in [5, 5.41) is 39.5. The quantitative estimate of drug-likeness (QED) is 0.0273. The van der Waals surface area contributed by atoms with Crippen molar-refractivity contribution in [3.63, 3.8) is 0 Å². The summed E-state index contributed by atoms with van der Waals surface area (Å²) in [7, 11) is 2.90. The average molecular weight is 768 g/mol. The largest absolute Gasteiger partial charge is 0.507 e. The molecule has 0 heterocycles. The average Bonchev–Trinajstić information content (AvgIpc) is 3.32. The minimum absolute atomic E-state index is 0.0289. The van der Waals surface area contributed by atoms with Crippen molar-refractivity contribution in [2.45, 2.75) is 71.5 Å². The maximum absolute atomic E-state index is 14.7. The number of rotatable bonds is 15. The highest BCUT2D eigenvalue weighted by Crippen LogP contribution is 2.54. The van der Waals surface area contributed by atoms with Crippen molar-refractivity contribution in [2.24, 2.45) is 11.8 Å². The number of fused-ring (bicyclic) bond motifs is 1. The van der Waals surface area contributed by atoms with Crippen LogP contribution in [0.4, 0.5) is 5.69 Å². The monoisotopic (exact) mass is 767 g/mol. The van der Waals surface area contributed by atoms with Crippen LogP contribution in [0.5, 0.6) is 11.5 Å². The Morgan fingerprint density at radius 3 is 2.20 bits per heavy atom. The van der Waals surface area contributed by atoms with Crippen LogP contribution >= 0.6 is 0 Å². The first-order valence-electron chi connectivity index (χ1n) is 18.8. The fourth-order valence-corrected chi connectivity index (χ4v) is 9.43. The molecule has 0 saturated heterocycles. The number of benzene rings is 5. The van der Waals surface area contributed by atoms with E-state index in [0.29, 0.717) is 92.4 Å². The first kappa shape index (κ1) is 38.9. The molecule has 1 saturated carbocycles. The van der Waals surface area contributed by atoms with Gasteiger partial charge in [0.05, 0.1) is 49.5 Å². The van der Waals surface area contributed by atoms with Gasteiger partial charge in [-0.2, -0.15) is 0 Å². The van der Waals surface area contributed by atoms with Crippen LogP contribution in [-0.4, -0.2) is 67.7 Å². The topological polar surface area (TPSA) is 195 Å². The first-order valence-corrected chi connectivity index (χ1v) is 18.8. The lowest BCUT2D eigenvalue weighted by Gasteiger charge is -2.28. The maximum Gasteiger partial charge on any atom is 0.309 e. The van der Waals surface area contributed by atoms with E-state index in [9.17, 15) is 39.3 Å². The Kier molecular flexibility index (Phi) is 10.9. The van der Waals surface area contributed by atoms with E-state index in [1.807, 2.05) is 6.08 Å². The van der Waals surface area contributed by atoms with E-state index in [0.717, 1.165) is 12.8 Å². The molecule has 0 bridgehead atoms. The Labute approximate surface area is 321 Å². The number of ether oxygens (including phenoxy) is 4. The van der Waals surface area contributed by atoms with E-state index in [1.54, 1.807) is 20.1 Å². The van der Waals surface area contributed by atoms with E-state index >= 15 is 0 Å². The summed E-state index contributed by atoms with van der Waals surface area (Å²) in [5.41, 5.74) is 1.70. The minimum atomic E-state index is -0.955. The second kappa shape index (κ2) is 15.6. The van der Waals surface area contributed by atoms with Gasteiger partial charge >= 0.3 is 5.97 Å². The van der Waals surface area contributed by atoms with Crippen LogP contribution in [0.2, 0.25) is 0 Å². The minimum Gasteiger partial charge on any atom is -0.507 e. The number of ketones is 1. The van der Waals surface area contributed by atoms with Gasteiger partial charge in [-0.25, -0.2) is 0 Å². The molecule has 13 heteroatoms. The number of nitrogens with one attached hydrogen (secondary N) is 1. The zero-order valence-electron chi connectivity index (χ0n) is 31.8. The Balaban J connectivity index is 1.55. The molecule has 56 heavy (non-hydrogen) atoms. The Morgan fingerprint density at radius 2 is 1.57 bits per heavy atom. The van der Waals surface area contributed by atoms with Crippen LogP contribution in [-0.2, 0) is 48.2 Å². The molecular weight excluding hydrogens is 722 g/mol. The van der Waals surface area contributed by atoms with Gasteiger partial charge in [-0.15, -0.1) is 0 Å². The van der Waals surface area contributed by atoms with Gasteiger partial charge in [-0.3, -0.25) is 24.0 Å². The number of esters is 1. The fraction of sp³-hybridized carbons (Fsp3) is 0.419. The molecule has 1 atom stereocenters. The fourth-order valence-electron chi connectivity index (χ4n) is 9.43. The van der Waals surface area contributed by atoms with Crippen LogP contribution < -0.4 is 20.9 Å². The summed E-state index contributed by atoms with van der Waals surface area (Å²) < 4.78 is 21.2. The van der Waals surface area contributed by atoms with Gasteiger partial charge in [-0.05, 0) is 109 Å². The van der Waals surface area contributed by atoms with Gasteiger partial charge in [-0.1, -0.05) is 11.6 Å². The zero-order valence-corrected chi connectivity index (χ0v) is 31.8. The first-order chi connectivity index (χ1) is 27.0. The van der Waals surface area contributed by atoms with E-state index in [-0.39, 0.29) is 76.9 Å². The number of allylic oxidation sites excluding steroid dienone is 1. The summed E-state index contributed by atoms with van der Waals surface area (Å²) in [6, 6.07) is 2.83. The maximum atomic E-state index is 14.7. The summed E-state index contributed by atoms with van der Waals surface area (Å²) in [6.07, 6.45) is 5.71. The Morgan fingerprint density at radius 1 is 0.893 bits per heavy atom. The molecule has 0 radical (unpaired) electrons. The molecule has 1 unspecified atom stereocenters. The second-order valence-corrected chi connectivity index (χ2v) is 14.9. The number of phenolic OH excluding ortho intramolecular Hbond substituents is 1. The van der Waals surface area contributed by atoms with Crippen LogP contribution in [0.3, 0.4) is 0 Å². The van der Waals surface area contributed by atoms with Crippen molar-refractivity contribution in [1.82, 2.24) is 0 Å². The van der Waals surface area contributed by atoms with Crippen LogP contribution in [0.15, 0.2) is 27.3 Å². The number of methoxy groups -OCH3 is 2. The number of anilines is 1. The van der Waals surface area contributed by atoms with Gasteiger partial charge in [0.15, 0.2) is 17.9 Å². The number of aliphatic hydroxyl groups excluding tert-OH is 2. The number of carbonyl (C=O) groups excluding carboxylic acids is 3. The predicted octanol–water partition coefficient (Wildman–Crippen LogP) is 5.15. The molecule has 0 spiro atoms. The molecule has 5 aromatic carbocycles.